The van der Waals surface area contributed by atoms with Gasteiger partial charge in [0, 0.05) is 25.4 Å². The molecule has 0 aromatic carbocycles. The summed E-state index contributed by atoms with van der Waals surface area (Å²) in [5, 5.41) is 2.91. The number of aromatic nitrogens is 1. The molecular weight excluding hydrogens is 250 g/mol. The fraction of sp³-hybridized carbons (Fsp3) is 0.545. The van der Waals surface area contributed by atoms with Crippen molar-refractivity contribution in [1.82, 2.24) is 10.3 Å². The molecule has 0 saturated carbocycles. The van der Waals surface area contributed by atoms with Crippen molar-refractivity contribution in [3.8, 4) is 0 Å². The van der Waals surface area contributed by atoms with Crippen LogP contribution in [0.15, 0.2) is 12.3 Å². The van der Waals surface area contributed by atoms with Gasteiger partial charge >= 0.3 is 6.18 Å². The van der Waals surface area contributed by atoms with Gasteiger partial charge in [-0.2, -0.15) is 13.2 Å². The molecule has 0 aliphatic rings. The molecule has 0 atom stereocenters. The fourth-order valence-corrected chi connectivity index (χ4v) is 1.48. The SMILES string of the molecule is CCNCc1ccnc(N(C)CC(F)(F)F)c1F. The van der Waals surface area contributed by atoms with Crippen molar-refractivity contribution in [2.24, 2.45) is 0 Å². The predicted molar refractivity (Wildman–Crippen MR) is 60.9 cm³/mol. The Morgan fingerprint density at radius 3 is 2.61 bits per heavy atom. The third-order valence-electron chi connectivity index (χ3n) is 2.29. The topological polar surface area (TPSA) is 28.2 Å². The van der Waals surface area contributed by atoms with Crippen LogP contribution in [0.3, 0.4) is 0 Å². The van der Waals surface area contributed by atoms with Crippen molar-refractivity contribution < 1.29 is 17.6 Å². The molecule has 102 valence electrons. The Morgan fingerprint density at radius 1 is 1.39 bits per heavy atom. The summed E-state index contributed by atoms with van der Waals surface area (Å²) in [5.41, 5.74) is 0.302. The number of hydrogen-bond donors (Lipinski definition) is 1. The summed E-state index contributed by atoms with van der Waals surface area (Å²) in [6.45, 7) is 1.53. The van der Waals surface area contributed by atoms with E-state index in [0.29, 0.717) is 12.1 Å². The van der Waals surface area contributed by atoms with Crippen LogP contribution in [0, 0.1) is 5.82 Å². The number of anilines is 1. The van der Waals surface area contributed by atoms with E-state index in [4.69, 9.17) is 0 Å². The van der Waals surface area contributed by atoms with Gasteiger partial charge in [0.15, 0.2) is 11.6 Å². The third kappa shape index (κ3) is 4.14. The zero-order valence-electron chi connectivity index (χ0n) is 10.2. The van der Waals surface area contributed by atoms with E-state index in [1.165, 1.54) is 12.3 Å². The van der Waals surface area contributed by atoms with Crippen molar-refractivity contribution in [2.45, 2.75) is 19.6 Å². The van der Waals surface area contributed by atoms with E-state index in [9.17, 15) is 17.6 Å². The highest BCUT2D eigenvalue weighted by molar-refractivity contribution is 5.42. The second-order valence-electron chi connectivity index (χ2n) is 3.86. The van der Waals surface area contributed by atoms with Crippen LogP contribution in [-0.2, 0) is 6.54 Å². The number of alkyl halides is 3. The van der Waals surface area contributed by atoms with Gasteiger partial charge in [-0.3, -0.25) is 0 Å². The average molecular weight is 265 g/mol. The molecule has 1 heterocycles. The number of pyridine rings is 1. The highest BCUT2D eigenvalue weighted by Gasteiger charge is 2.30. The van der Waals surface area contributed by atoms with E-state index < -0.39 is 18.5 Å². The maximum absolute atomic E-state index is 13.9. The van der Waals surface area contributed by atoms with Gasteiger partial charge in [-0.1, -0.05) is 6.92 Å². The quantitative estimate of drug-likeness (QED) is 0.828. The lowest BCUT2D eigenvalue weighted by Crippen LogP contribution is -2.32. The molecule has 0 unspecified atom stereocenters. The van der Waals surface area contributed by atoms with Crippen molar-refractivity contribution in [2.75, 3.05) is 25.0 Å². The smallest absolute Gasteiger partial charge is 0.348 e. The van der Waals surface area contributed by atoms with Crippen molar-refractivity contribution in [1.29, 1.82) is 0 Å². The lowest BCUT2D eigenvalue weighted by molar-refractivity contribution is -0.119. The molecule has 1 aromatic heterocycles. The number of hydrogen-bond acceptors (Lipinski definition) is 3. The van der Waals surface area contributed by atoms with Gasteiger partial charge in [0.1, 0.15) is 6.54 Å². The first-order valence-corrected chi connectivity index (χ1v) is 5.47. The minimum atomic E-state index is -4.39. The van der Waals surface area contributed by atoms with Crippen LogP contribution in [-0.4, -0.2) is 31.3 Å². The zero-order valence-corrected chi connectivity index (χ0v) is 10.2. The molecule has 7 heteroatoms. The first kappa shape index (κ1) is 14.7. The summed E-state index contributed by atoms with van der Waals surface area (Å²) in [5.74, 6) is -1.01. The highest BCUT2D eigenvalue weighted by Crippen LogP contribution is 2.23. The minimum Gasteiger partial charge on any atom is -0.348 e. The largest absolute Gasteiger partial charge is 0.405 e. The summed E-state index contributed by atoms with van der Waals surface area (Å²) in [4.78, 5) is 4.41. The number of halogens is 4. The van der Waals surface area contributed by atoms with Crippen LogP contribution >= 0.6 is 0 Å². The highest BCUT2D eigenvalue weighted by atomic mass is 19.4. The van der Waals surface area contributed by atoms with Gasteiger partial charge < -0.3 is 10.2 Å². The van der Waals surface area contributed by atoms with E-state index in [-0.39, 0.29) is 12.4 Å². The predicted octanol–water partition coefficient (Wildman–Crippen LogP) is 2.33. The first-order valence-electron chi connectivity index (χ1n) is 5.47. The third-order valence-corrected chi connectivity index (χ3v) is 2.29. The Morgan fingerprint density at radius 2 is 2.06 bits per heavy atom. The zero-order chi connectivity index (χ0) is 13.8. The first-order chi connectivity index (χ1) is 8.35. The second kappa shape index (κ2) is 5.99. The maximum atomic E-state index is 13.9. The molecule has 0 aliphatic carbocycles. The summed E-state index contributed by atoms with van der Waals surface area (Å²) < 4.78 is 50.6. The van der Waals surface area contributed by atoms with Gasteiger partial charge in [-0.05, 0) is 12.6 Å². The monoisotopic (exact) mass is 265 g/mol. The molecular formula is C11H15F4N3. The standard InChI is InChI=1S/C11H15F4N3/c1-3-16-6-8-4-5-17-10(9(8)12)18(2)7-11(13,14)15/h4-5,16H,3,6-7H2,1-2H3. The van der Waals surface area contributed by atoms with Crippen LogP contribution in [0.25, 0.3) is 0 Å². The van der Waals surface area contributed by atoms with Crippen LogP contribution in [0.5, 0.6) is 0 Å². The minimum absolute atomic E-state index is 0.262. The molecule has 0 amide bonds. The van der Waals surface area contributed by atoms with E-state index in [2.05, 4.69) is 10.3 Å². The molecule has 1 N–H and O–H groups in total. The average Bonchev–Trinajstić information content (AvgIpc) is 2.25. The lowest BCUT2D eigenvalue weighted by atomic mass is 10.2. The summed E-state index contributed by atoms with van der Waals surface area (Å²) >= 11 is 0. The summed E-state index contributed by atoms with van der Waals surface area (Å²) in [6, 6.07) is 1.45. The van der Waals surface area contributed by atoms with Crippen molar-refractivity contribution >= 4 is 5.82 Å². The second-order valence-corrected chi connectivity index (χ2v) is 3.86. The van der Waals surface area contributed by atoms with Gasteiger partial charge in [-0.15, -0.1) is 0 Å². The molecule has 3 nitrogen and oxygen atoms in total. The van der Waals surface area contributed by atoms with E-state index in [1.807, 2.05) is 6.92 Å². The van der Waals surface area contributed by atoms with E-state index in [1.54, 1.807) is 0 Å². The Kier molecular flexibility index (Phi) is 4.89. The van der Waals surface area contributed by atoms with Crippen LogP contribution in [0.1, 0.15) is 12.5 Å². The van der Waals surface area contributed by atoms with Gasteiger partial charge in [0.25, 0.3) is 0 Å². The number of nitrogens with one attached hydrogen (secondary N) is 1. The normalized spacial score (nSPS) is 11.7. The van der Waals surface area contributed by atoms with Gasteiger partial charge in [0.2, 0.25) is 0 Å². The van der Waals surface area contributed by atoms with Gasteiger partial charge in [-0.25, -0.2) is 9.37 Å². The number of nitrogens with zero attached hydrogens (tertiary/aromatic N) is 2. The maximum Gasteiger partial charge on any atom is 0.405 e. The Bertz CT molecular complexity index is 392. The van der Waals surface area contributed by atoms with Crippen LogP contribution in [0.2, 0.25) is 0 Å². The molecule has 1 rings (SSSR count). The lowest BCUT2D eigenvalue weighted by Gasteiger charge is -2.21. The molecule has 0 saturated heterocycles. The van der Waals surface area contributed by atoms with E-state index in [0.717, 1.165) is 11.9 Å². The van der Waals surface area contributed by atoms with Crippen LogP contribution < -0.4 is 10.2 Å². The molecule has 0 bridgehead atoms. The Balaban J connectivity index is 2.89. The van der Waals surface area contributed by atoms with E-state index >= 15 is 0 Å². The summed E-state index contributed by atoms with van der Waals surface area (Å²) in [6.07, 6.45) is -3.08. The Hall–Kier alpha value is -1.37. The molecule has 0 fully saturated rings. The molecule has 0 aliphatic heterocycles. The van der Waals surface area contributed by atoms with Gasteiger partial charge in [0.05, 0.1) is 0 Å². The van der Waals surface area contributed by atoms with Crippen molar-refractivity contribution in [3.05, 3.63) is 23.6 Å². The van der Waals surface area contributed by atoms with Crippen molar-refractivity contribution in [3.63, 3.8) is 0 Å². The fourth-order valence-electron chi connectivity index (χ4n) is 1.48. The Labute approximate surface area is 103 Å². The molecule has 0 spiro atoms. The molecule has 18 heavy (non-hydrogen) atoms. The van der Waals surface area contributed by atoms with Crippen LogP contribution in [0.4, 0.5) is 23.4 Å². The number of rotatable bonds is 5. The molecule has 1 aromatic rings. The molecule has 0 radical (unpaired) electrons. The summed E-state index contributed by atoms with van der Waals surface area (Å²) in [7, 11) is 1.16.